The highest BCUT2D eigenvalue weighted by Crippen LogP contribution is 2.21. The van der Waals surface area contributed by atoms with Gasteiger partial charge in [-0.05, 0) is 24.3 Å². The van der Waals surface area contributed by atoms with Gasteiger partial charge in [-0.15, -0.1) is 0 Å². The highest BCUT2D eigenvalue weighted by molar-refractivity contribution is 5.86. The molecule has 8 nitrogen and oxygen atoms in total. The molecule has 1 unspecified atom stereocenters. The number of anilines is 1. The molecule has 0 bridgehead atoms. The Labute approximate surface area is 143 Å². The van der Waals surface area contributed by atoms with Gasteiger partial charge in [0, 0.05) is 25.1 Å². The average molecular weight is 343 g/mol. The fraction of sp³-hybridized carbons (Fsp3) is 0.176. The summed E-state index contributed by atoms with van der Waals surface area (Å²) in [5.74, 6) is -0.451. The van der Waals surface area contributed by atoms with Gasteiger partial charge in [0.05, 0.1) is 5.69 Å². The number of fused-ring (bicyclic) bond motifs is 1. The molecule has 0 aliphatic rings. The number of pyridine rings is 1. The third-order valence-electron chi connectivity index (χ3n) is 3.51. The molecule has 0 spiro atoms. The number of aliphatic hydroxyl groups is 1. The third kappa shape index (κ3) is 3.87. The molecule has 0 saturated heterocycles. The van der Waals surface area contributed by atoms with Crippen LogP contribution in [0.1, 0.15) is 22.3 Å². The van der Waals surface area contributed by atoms with E-state index in [1.165, 1.54) is 6.20 Å². The fourth-order valence-corrected chi connectivity index (χ4v) is 2.29. The standard InChI is InChI=1S/C17H17N3O5/c1-24-10-25-13-5-2-11(3-6-13)16(21)18-12-4-7-15-19-14(17(22)23)9-20(15)8-12/h2-9,16,18,21H,10H2,1H3,(H,22,23). The van der Waals surface area contributed by atoms with Crippen molar-refractivity contribution in [2.24, 2.45) is 0 Å². The SMILES string of the molecule is COCOc1ccc(C(O)Nc2ccc3nc(C(=O)O)cn3c2)cc1. The van der Waals surface area contributed by atoms with Crippen LogP contribution in [0.5, 0.6) is 5.75 Å². The zero-order chi connectivity index (χ0) is 17.8. The first-order valence-electron chi connectivity index (χ1n) is 7.45. The summed E-state index contributed by atoms with van der Waals surface area (Å²) in [5, 5.41) is 22.2. The minimum Gasteiger partial charge on any atom is -0.476 e. The number of carboxylic acid groups (broad SMARTS) is 1. The Morgan fingerprint density at radius 2 is 2.00 bits per heavy atom. The first kappa shape index (κ1) is 16.7. The van der Waals surface area contributed by atoms with E-state index in [-0.39, 0.29) is 12.5 Å². The van der Waals surface area contributed by atoms with E-state index in [2.05, 4.69) is 10.3 Å². The van der Waals surface area contributed by atoms with Crippen LogP contribution in [-0.2, 0) is 4.74 Å². The number of hydrogen-bond donors (Lipinski definition) is 3. The maximum absolute atomic E-state index is 11.0. The van der Waals surface area contributed by atoms with Crippen molar-refractivity contribution < 1.29 is 24.5 Å². The van der Waals surface area contributed by atoms with E-state index in [9.17, 15) is 9.90 Å². The number of carbonyl (C=O) groups is 1. The van der Waals surface area contributed by atoms with Crippen molar-refractivity contribution in [3.8, 4) is 5.75 Å². The summed E-state index contributed by atoms with van der Waals surface area (Å²) in [5.41, 5.74) is 1.75. The number of benzene rings is 1. The minimum atomic E-state index is -1.09. The van der Waals surface area contributed by atoms with Gasteiger partial charge in [0.25, 0.3) is 0 Å². The van der Waals surface area contributed by atoms with Crippen LogP contribution in [0.4, 0.5) is 5.69 Å². The maximum Gasteiger partial charge on any atom is 0.356 e. The first-order valence-corrected chi connectivity index (χ1v) is 7.45. The van der Waals surface area contributed by atoms with Gasteiger partial charge in [-0.1, -0.05) is 12.1 Å². The monoisotopic (exact) mass is 343 g/mol. The summed E-state index contributed by atoms with van der Waals surface area (Å²) in [6, 6.07) is 10.3. The summed E-state index contributed by atoms with van der Waals surface area (Å²) < 4.78 is 11.7. The molecule has 25 heavy (non-hydrogen) atoms. The molecule has 1 atom stereocenters. The van der Waals surface area contributed by atoms with Crippen LogP contribution >= 0.6 is 0 Å². The van der Waals surface area contributed by atoms with E-state index < -0.39 is 12.2 Å². The van der Waals surface area contributed by atoms with E-state index in [0.29, 0.717) is 22.6 Å². The second-order valence-corrected chi connectivity index (χ2v) is 5.28. The van der Waals surface area contributed by atoms with Crippen molar-refractivity contribution in [3.05, 3.63) is 60.0 Å². The molecule has 2 aromatic heterocycles. The number of rotatable bonds is 7. The molecule has 130 valence electrons. The number of aromatic nitrogens is 2. The average Bonchev–Trinajstić information content (AvgIpc) is 3.04. The summed E-state index contributed by atoms with van der Waals surface area (Å²) >= 11 is 0. The predicted octanol–water partition coefficient (Wildman–Crippen LogP) is 2.12. The summed E-state index contributed by atoms with van der Waals surface area (Å²) in [6.07, 6.45) is 2.14. The van der Waals surface area contributed by atoms with E-state index in [4.69, 9.17) is 14.6 Å². The molecule has 0 fully saturated rings. The van der Waals surface area contributed by atoms with Crippen LogP contribution in [0, 0.1) is 0 Å². The van der Waals surface area contributed by atoms with Crippen molar-refractivity contribution in [1.29, 1.82) is 0 Å². The molecule has 0 saturated carbocycles. The highest BCUT2D eigenvalue weighted by atomic mass is 16.7. The molecule has 1 aromatic carbocycles. The smallest absolute Gasteiger partial charge is 0.356 e. The molecular formula is C17H17N3O5. The fourth-order valence-electron chi connectivity index (χ4n) is 2.29. The van der Waals surface area contributed by atoms with E-state index >= 15 is 0 Å². The van der Waals surface area contributed by atoms with Crippen LogP contribution in [-0.4, -0.2) is 39.5 Å². The van der Waals surface area contributed by atoms with Crippen LogP contribution in [0.25, 0.3) is 5.65 Å². The van der Waals surface area contributed by atoms with Crippen molar-refractivity contribution in [2.45, 2.75) is 6.23 Å². The Balaban J connectivity index is 1.72. The second kappa shape index (κ2) is 7.20. The Kier molecular flexibility index (Phi) is 4.82. The number of nitrogens with zero attached hydrogens (tertiary/aromatic N) is 2. The topological polar surface area (TPSA) is 105 Å². The lowest BCUT2D eigenvalue weighted by Crippen LogP contribution is -2.10. The molecule has 2 heterocycles. The molecule has 0 aliphatic heterocycles. The van der Waals surface area contributed by atoms with Gasteiger partial charge in [-0.25, -0.2) is 9.78 Å². The van der Waals surface area contributed by atoms with Crippen molar-refractivity contribution >= 4 is 17.3 Å². The van der Waals surface area contributed by atoms with Gasteiger partial charge in [-0.2, -0.15) is 0 Å². The Hall–Kier alpha value is -3.10. The van der Waals surface area contributed by atoms with Crippen molar-refractivity contribution in [1.82, 2.24) is 9.38 Å². The Morgan fingerprint density at radius 3 is 2.68 bits per heavy atom. The second-order valence-electron chi connectivity index (χ2n) is 5.28. The first-order chi connectivity index (χ1) is 12.1. The van der Waals surface area contributed by atoms with Crippen LogP contribution in [0.2, 0.25) is 0 Å². The van der Waals surface area contributed by atoms with Crippen LogP contribution < -0.4 is 10.1 Å². The number of hydrogen-bond acceptors (Lipinski definition) is 6. The molecule has 0 amide bonds. The van der Waals surface area contributed by atoms with Gasteiger partial charge >= 0.3 is 5.97 Å². The van der Waals surface area contributed by atoms with Gasteiger partial charge in [0.2, 0.25) is 0 Å². The van der Waals surface area contributed by atoms with Crippen LogP contribution in [0.15, 0.2) is 48.8 Å². The molecule has 0 radical (unpaired) electrons. The quantitative estimate of drug-likeness (QED) is 0.564. The Bertz CT molecular complexity index is 876. The molecule has 3 aromatic rings. The summed E-state index contributed by atoms with van der Waals surface area (Å²) in [4.78, 5) is 14.9. The zero-order valence-corrected chi connectivity index (χ0v) is 13.4. The van der Waals surface area contributed by atoms with Crippen molar-refractivity contribution in [3.63, 3.8) is 0 Å². The van der Waals surface area contributed by atoms with Gasteiger partial charge in [0.1, 0.15) is 11.4 Å². The number of methoxy groups -OCH3 is 1. The maximum atomic E-state index is 11.0. The normalized spacial score (nSPS) is 12.1. The number of ether oxygens (including phenoxy) is 2. The lowest BCUT2D eigenvalue weighted by molar-refractivity contribution is 0.0511. The van der Waals surface area contributed by atoms with Gasteiger partial charge < -0.3 is 29.4 Å². The summed E-state index contributed by atoms with van der Waals surface area (Å²) in [7, 11) is 1.54. The summed E-state index contributed by atoms with van der Waals surface area (Å²) in [6.45, 7) is 0.156. The number of aromatic carboxylic acids is 1. The number of nitrogens with one attached hydrogen (secondary N) is 1. The van der Waals surface area contributed by atoms with Gasteiger partial charge in [0.15, 0.2) is 18.7 Å². The molecule has 0 aliphatic carbocycles. The van der Waals surface area contributed by atoms with E-state index in [0.717, 1.165) is 0 Å². The number of carboxylic acids is 1. The largest absolute Gasteiger partial charge is 0.476 e. The predicted molar refractivity (Wildman–Crippen MR) is 89.7 cm³/mol. The van der Waals surface area contributed by atoms with E-state index in [1.807, 2.05) is 0 Å². The molecule has 3 rings (SSSR count). The van der Waals surface area contributed by atoms with Crippen LogP contribution in [0.3, 0.4) is 0 Å². The minimum absolute atomic E-state index is 0.0376. The Morgan fingerprint density at radius 1 is 1.24 bits per heavy atom. The third-order valence-corrected chi connectivity index (χ3v) is 3.51. The zero-order valence-electron chi connectivity index (χ0n) is 13.4. The van der Waals surface area contributed by atoms with Crippen molar-refractivity contribution in [2.75, 3.05) is 19.2 Å². The van der Waals surface area contributed by atoms with Gasteiger partial charge in [-0.3, -0.25) is 0 Å². The van der Waals surface area contributed by atoms with E-state index in [1.54, 1.807) is 54.1 Å². The lowest BCUT2D eigenvalue weighted by Gasteiger charge is -2.15. The molecule has 3 N–H and O–H groups in total. The molecule has 8 heteroatoms. The number of imidazole rings is 1. The lowest BCUT2D eigenvalue weighted by atomic mass is 10.2. The highest BCUT2D eigenvalue weighted by Gasteiger charge is 2.11. The molecular weight excluding hydrogens is 326 g/mol. The number of aliphatic hydroxyl groups excluding tert-OH is 1.